The normalized spacial score (nSPS) is 15.4. The largest absolute Gasteiger partial charge is 0.363 e. The second-order valence-corrected chi connectivity index (χ2v) is 7.71. The third-order valence-corrected chi connectivity index (χ3v) is 6.19. The molecule has 3 rings (SSSR count). The summed E-state index contributed by atoms with van der Waals surface area (Å²) in [7, 11) is -3.66. The molecule has 0 spiro atoms. The van der Waals surface area contributed by atoms with Gasteiger partial charge in [0.05, 0.1) is 21.5 Å². The average molecular weight is 372 g/mol. The van der Waals surface area contributed by atoms with Gasteiger partial charge in [0.1, 0.15) is 5.69 Å². The van der Waals surface area contributed by atoms with Crippen molar-refractivity contribution in [3.05, 3.63) is 64.2 Å². The second-order valence-electron chi connectivity index (χ2n) is 5.77. The van der Waals surface area contributed by atoms with Crippen LogP contribution in [0.2, 0.25) is 0 Å². The minimum atomic E-state index is -3.66. The van der Waals surface area contributed by atoms with Crippen LogP contribution >= 0.6 is 0 Å². The number of piperazine rings is 1. The van der Waals surface area contributed by atoms with Crippen molar-refractivity contribution in [2.75, 3.05) is 31.1 Å². The van der Waals surface area contributed by atoms with Gasteiger partial charge in [0.2, 0.25) is 10.0 Å². The van der Waals surface area contributed by atoms with E-state index in [1.54, 1.807) is 18.2 Å². The Morgan fingerprint density at radius 3 is 2.19 bits per heavy atom. The van der Waals surface area contributed by atoms with E-state index in [1.807, 2.05) is 11.0 Å². The average Bonchev–Trinajstić information content (AvgIpc) is 2.68. The molecule has 0 unspecified atom stereocenters. The van der Waals surface area contributed by atoms with Crippen LogP contribution in [0, 0.1) is 21.4 Å². The molecule has 1 aliphatic rings. The van der Waals surface area contributed by atoms with Crippen LogP contribution in [0.1, 0.15) is 5.56 Å². The van der Waals surface area contributed by atoms with Crippen LogP contribution < -0.4 is 4.90 Å². The lowest BCUT2D eigenvalue weighted by Gasteiger charge is -2.35. The zero-order valence-electron chi connectivity index (χ0n) is 13.8. The quantitative estimate of drug-likeness (QED) is 0.600. The molecule has 0 bridgehead atoms. The second kappa shape index (κ2) is 7.11. The van der Waals surface area contributed by atoms with Crippen LogP contribution in [0.15, 0.2) is 53.4 Å². The highest BCUT2D eigenvalue weighted by atomic mass is 32.2. The number of benzene rings is 2. The molecule has 0 N–H and O–H groups in total. The van der Waals surface area contributed by atoms with Crippen molar-refractivity contribution in [1.29, 1.82) is 5.26 Å². The van der Waals surface area contributed by atoms with E-state index in [1.165, 1.54) is 34.6 Å². The minimum absolute atomic E-state index is 0.0101. The molecule has 2 aromatic rings. The number of rotatable bonds is 4. The van der Waals surface area contributed by atoms with Crippen molar-refractivity contribution in [2.45, 2.75) is 4.90 Å². The number of nitro benzene ring substituents is 1. The number of nitrogens with zero attached hydrogens (tertiary/aromatic N) is 4. The number of anilines is 1. The first-order valence-electron chi connectivity index (χ1n) is 7.92. The molecule has 9 heteroatoms. The van der Waals surface area contributed by atoms with E-state index < -0.39 is 14.9 Å². The molecule has 1 aliphatic heterocycles. The molecule has 0 aliphatic carbocycles. The molecule has 1 saturated heterocycles. The van der Waals surface area contributed by atoms with E-state index in [4.69, 9.17) is 5.26 Å². The van der Waals surface area contributed by atoms with Crippen molar-refractivity contribution in [3.63, 3.8) is 0 Å². The van der Waals surface area contributed by atoms with E-state index in [0.717, 1.165) is 0 Å². The molecule has 0 saturated carbocycles. The summed E-state index contributed by atoms with van der Waals surface area (Å²) >= 11 is 0. The fraction of sp³-hybridized carbons (Fsp3) is 0.235. The van der Waals surface area contributed by atoms with E-state index in [0.29, 0.717) is 24.3 Å². The minimum Gasteiger partial charge on any atom is -0.363 e. The van der Waals surface area contributed by atoms with Crippen LogP contribution in [-0.4, -0.2) is 43.8 Å². The predicted octanol–water partition coefficient (Wildman–Crippen LogP) is 1.98. The van der Waals surface area contributed by atoms with Gasteiger partial charge in [-0.3, -0.25) is 10.1 Å². The molecule has 0 aromatic heterocycles. The Hall–Kier alpha value is -2.96. The molecule has 26 heavy (non-hydrogen) atoms. The molecule has 0 radical (unpaired) electrons. The summed E-state index contributed by atoms with van der Waals surface area (Å²) < 4.78 is 26.8. The Morgan fingerprint density at radius 1 is 1.00 bits per heavy atom. The lowest BCUT2D eigenvalue weighted by molar-refractivity contribution is -0.384. The van der Waals surface area contributed by atoms with E-state index >= 15 is 0 Å². The summed E-state index contributed by atoms with van der Waals surface area (Å²) in [5, 5.41) is 20.0. The number of nitriles is 1. The van der Waals surface area contributed by atoms with Crippen LogP contribution in [-0.2, 0) is 10.0 Å². The SMILES string of the molecule is N#Cc1ccc(S(=O)(=O)N2CCN(c3ccccc3[N+](=O)[O-])CC2)cc1. The summed E-state index contributed by atoms with van der Waals surface area (Å²) in [5.41, 5.74) is 0.897. The number of hydrogen-bond acceptors (Lipinski definition) is 6. The van der Waals surface area contributed by atoms with Gasteiger partial charge in [-0.25, -0.2) is 8.42 Å². The van der Waals surface area contributed by atoms with Gasteiger partial charge in [-0.1, -0.05) is 12.1 Å². The standard InChI is InChI=1S/C17H16N4O4S/c18-13-14-5-7-15(8-6-14)26(24,25)20-11-9-19(10-12-20)16-3-1-2-4-17(16)21(22)23/h1-8H,9-12H2. The Balaban J connectivity index is 1.76. The first kappa shape index (κ1) is 17.8. The van der Waals surface area contributed by atoms with Crippen molar-refractivity contribution in [3.8, 4) is 6.07 Å². The zero-order valence-corrected chi connectivity index (χ0v) is 14.6. The summed E-state index contributed by atoms with van der Waals surface area (Å²) in [6.07, 6.45) is 0. The summed E-state index contributed by atoms with van der Waals surface area (Å²) in [5.74, 6) is 0. The Kier molecular flexibility index (Phi) is 4.88. The molecule has 134 valence electrons. The van der Waals surface area contributed by atoms with Crippen LogP contribution in [0.5, 0.6) is 0 Å². The first-order valence-corrected chi connectivity index (χ1v) is 9.36. The maximum atomic E-state index is 12.7. The summed E-state index contributed by atoms with van der Waals surface area (Å²) in [6.45, 7) is 1.18. The maximum Gasteiger partial charge on any atom is 0.292 e. The molecule has 1 fully saturated rings. The van der Waals surface area contributed by atoms with Crippen molar-refractivity contribution < 1.29 is 13.3 Å². The van der Waals surface area contributed by atoms with Crippen LogP contribution in [0.3, 0.4) is 0 Å². The van der Waals surface area contributed by atoms with E-state index in [9.17, 15) is 18.5 Å². The smallest absolute Gasteiger partial charge is 0.292 e. The van der Waals surface area contributed by atoms with E-state index in [-0.39, 0.29) is 23.7 Å². The molecule has 8 nitrogen and oxygen atoms in total. The van der Waals surface area contributed by atoms with Gasteiger partial charge in [0.15, 0.2) is 0 Å². The third-order valence-electron chi connectivity index (χ3n) is 4.28. The number of nitro groups is 1. The van der Waals surface area contributed by atoms with Crippen LogP contribution in [0.4, 0.5) is 11.4 Å². The first-order chi connectivity index (χ1) is 12.4. The fourth-order valence-electron chi connectivity index (χ4n) is 2.91. The Morgan fingerprint density at radius 2 is 1.62 bits per heavy atom. The third kappa shape index (κ3) is 3.37. The van der Waals surface area contributed by atoms with Gasteiger partial charge >= 0.3 is 0 Å². The lowest BCUT2D eigenvalue weighted by Crippen LogP contribution is -2.48. The number of sulfonamides is 1. The molecule has 0 atom stereocenters. The molecular weight excluding hydrogens is 356 g/mol. The van der Waals surface area contributed by atoms with Crippen LogP contribution in [0.25, 0.3) is 0 Å². The molecule has 2 aromatic carbocycles. The van der Waals surface area contributed by atoms with Gasteiger partial charge in [-0.2, -0.15) is 9.57 Å². The van der Waals surface area contributed by atoms with Crippen molar-refractivity contribution in [2.24, 2.45) is 0 Å². The Bertz CT molecular complexity index is 959. The van der Waals surface area contributed by atoms with Crippen molar-refractivity contribution >= 4 is 21.4 Å². The van der Waals surface area contributed by atoms with Gasteiger partial charge < -0.3 is 4.90 Å². The number of para-hydroxylation sites is 2. The summed E-state index contributed by atoms with van der Waals surface area (Å²) in [4.78, 5) is 12.7. The predicted molar refractivity (Wildman–Crippen MR) is 95.2 cm³/mol. The zero-order chi connectivity index (χ0) is 18.7. The lowest BCUT2D eigenvalue weighted by atomic mass is 10.2. The molecule has 0 amide bonds. The number of hydrogen-bond donors (Lipinski definition) is 0. The van der Waals surface area contributed by atoms with Gasteiger partial charge in [-0.15, -0.1) is 0 Å². The summed E-state index contributed by atoms with van der Waals surface area (Å²) in [6, 6.07) is 14.2. The van der Waals surface area contributed by atoms with Gasteiger partial charge in [-0.05, 0) is 30.3 Å². The maximum absolute atomic E-state index is 12.7. The highest BCUT2D eigenvalue weighted by Gasteiger charge is 2.30. The van der Waals surface area contributed by atoms with Gasteiger partial charge in [0.25, 0.3) is 5.69 Å². The monoisotopic (exact) mass is 372 g/mol. The topological polar surface area (TPSA) is 108 Å². The fourth-order valence-corrected chi connectivity index (χ4v) is 4.33. The highest BCUT2D eigenvalue weighted by molar-refractivity contribution is 7.89. The Labute approximate surface area is 151 Å². The highest BCUT2D eigenvalue weighted by Crippen LogP contribution is 2.29. The van der Waals surface area contributed by atoms with Gasteiger partial charge in [0, 0.05) is 32.2 Å². The molecular formula is C17H16N4O4S. The molecule has 1 heterocycles. The van der Waals surface area contributed by atoms with Crippen molar-refractivity contribution in [1.82, 2.24) is 4.31 Å². The van der Waals surface area contributed by atoms with E-state index in [2.05, 4.69) is 0 Å².